The summed E-state index contributed by atoms with van der Waals surface area (Å²) in [6.07, 6.45) is -2.29. The Morgan fingerprint density at radius 3 is 2.62 bits per heavy atom. The maximum absolute atomic E-state index is 14.1. The molecule has 9 nitrogen and oxygen atoms in total. The molecule has 13 heteroatoms. The molecule has 0 aliphatic carbocycles. The van der Waals surface area contributed by atoms with Crippen molar-refractivity contribution in [1.29, 1.82) is 0 Å². The van der Waals surface area contributed by atoms with Gasteiger partial charge in [-0.25, -0.2) is 19.2 Å². The summed E-state index contributed by atoms with van der Waals surface area (Å²) in [5.41, 5.74) is 2.91. The Kier molecular flexibility index (Phi) is 8.43. The van der Waals surface area contributed by atoms with Gasteiger partial charge in [0.15, 0.2) is 11.6 Å². The quantitative estimate of drug-likeness (QED) is 0.225. The number of ether oxygens (including phenoxy) is 2. The van der Waals surface area contributed by atoms with Gasteiger partial charge in [0.05, 0.1) is 24.5 Å². The number of benzene rings is 1. The predicted molar refractivity (Wildman–Crippen MR) is 142 cm³/mol. The van der Waals surface area contributed by atoms with Crippen LogP contribution in [0.1, 0.15) is 44.5 Å². The minimum Gasteiger partial charge on any atom is -0.494 e. The summed E-state index contributed by atoms with van der Waals surface area (Å²) in [6.45, 7) is 5.30. The van der Waals surface area contributed by atoms with Crippen LogP contribution in [0.15, 0.2) is 47.7 Å². The molecular weight excluding hydrogens is 532 g/mol. The van der Waals surface area contributed by atoms with Crippen LogP contribution < -0.4 is 15.5 Å². The van der Waals surface area contributed by atoms with E-state index in [1.54, 1.807) is 32.9 Å². The molecule has 214 valence electrons. The zero-order valence-corrected chi connectivity index (χ0v) is 22.4. The van der Waals surface area contributed by atoms with Crippen molar-refractivity contribution in [2.45, 2.75) is 51.1 Å². The molecule has 40 heavy (non-hydrogen) atoms. The van der Waals surface area contributed by atoms with Gasteiger partial charge in [-0.2, -0.15) is 18.3 Å². The van der Waals surface area contributed by atoms with Crippen LogP contribution in [0.2, 0.25) is 0 Å². The van der Waals surface area contributed by atoms with Gasteiger partial charge in [-0.3, -0.25) is 10.3 Å². The van der Waals surface area contributed by atoms with Gasteiger partial charge in [0, 0.05) is 36.8 Å². The van der Waals surface area contributed by atoms with Crippen LogP contribution in [0, 0.1) is 5.82 Å². The number of carbonyl (C=O) groups excluding carboxylic acids is 1. The molecule has 1 saturated heterocycles. The number of halogens is 4. The van der Waals surface area contributed by atoms with Crippen LogP contribution in [-0.2, 0) is 4.74 Å². The van der Waals surface area contributed by atoms with Crippen molar-refractivity contribution in [2.24, 2.45) is 5.10 Å². The van der Waals surface area contributed by atoms with E-state index in [1.165, 1.54) is 42.5 Å². The van der Waals surface area contributed by atoms with Gasteiger partial charge < -0.3 is 14.8 Å². The SMILES string of the molecule is COc1cc2nc(/C=N\Nc3ccc([C@@H](N4CC[C@H](NC(=O)OC(C)(C)C)C4)C(F)(F)F)cn3)ccc2cc1F. The number of hydrazone groups is 1. The molecule has 2 atom stereocenters. The highest BCUT2D eigenvalue weighted by Crippen LogP contribution is 2.39. The first-order valence-electron chi connectivity index (χ1n) is 12.5. The first-order valence-corrected chi connectivity index (χ1v) is 12.5. The number of fused-ring (bicyclic) bond motifs is 1. The van der Waals surface area contributed by atoms with Gasteiger partial charge in [-0.1, -0.05) is 12.1 Å². The third-order valence-corrected chi connectivity index (χ3v) is 6.08. The van der Waals surface area contributed by atoms with Crippen LogP contribution >= 0.6 is 0 Å². The predicted octanol–water partition coefficient (Wildman–Crippen LogP) is 5.43. The number of alkyl carbamates (subject to hydrolysis) is 1. The maximum atomic E-state index is 14.1. The Balaban J connectivity index is 1.40. The zero-order chi connectivity index (χ0) is 29.1. The average Bonchev–Trinajstić information content (AvgIpc) is 3.30. The third-order valence-electron chi connectivity index (χ3n) is 6.08. The molecule has 1 aromatic carbocycles. The lowest BCUT2D eigenvalue weighted by atomic mass is 10.1. The van der Waals surface area contributed by atoms with Crippen molar-refractivity contribution in [1.82, 2.24) is 20.2 Å². The molecule has 3 heterocycles. The highest BCUT2D eigenvalue weighted by atomic mass is 19.4. The second-order valence-corrected chi connectivity index (χ2v) is 10.3. The van der Waals surface area contributed by atoms with Crippen molar-refractivity contribution in [3.63, 3.8) is 0 Å². The molecule has 3 aromatic rings. The van der Waals surface area contributed by atoms with E-state index in [9.17, 15) is 22.4 Å². The van der Waals surface area contributed by atoms with E-state index in [-0.39, 0.29) is 30.2 Å². The Hall–Kier alpha value is -4.00. The van der Waals surface area contributed by atoms with E-state index >= 15 is 0 Å². The summed E-state index contributed by atoms with van der Waals surface area (Å²) in [5.74, 6) is -0.196. The van der Waals surface area contributed by atoms with Crippen molar-refractivity contribution in [3.8, 4) is 5.75 Å². The number of alkyl halides is 3. The van der Waals surface area contributed by atoms with Crippen molar-refractivity contribution < 1.29 is 31.8 Å². The van der Waals surface area contributed by atoms with Gasteiger partial charge in [-0.15, -0.1) is 0 Å². The molecule has 1 aliphatic rings. The topological polar surface area (TPSA) is 101 Å². The van der Waals surface area contributed by atoms with Crippen LogP contribution in [0.5, 0.6) is 5.75 Å². The van der Waals surface area contributed by atoms with Crippen molar-refractivity contribution in [2.75, 3.05) is 25.6 Å². The molecule has 4 rings (SSSR count). The Morgan fingerprint density at radius 1 is 1.20 bits per heavy atom. The summed E-state index contributed by atoms with van der Waals surface area (Å²) < 4.78 is 66.3. The van der Waals surface area contributed by atoms with Gasteiger partial charge in [0.2, 0.25) is 0 Å². The lowest BCUT2D eigenvalue weighted by Gasteiger charge is -2.30. The standard InChI is InChI=1S/C27H30F4N6O3/c1-26(2,3)40-25(38)35-19-9-10-37(15-19)24(27(29,30)31)17-6-8-23(32-13-17)36-33-14-18-7-5-16-11-20(28)22(39-4)12-21(16)34-18/h5-8,11-14,19,24H,9-10,15H2,1-4H3,(H,32,36)(H,35,38)/b33-14-/t19-,24+/m0/s1. The van der Waals surface area contributed by atoms with E-state index in [0.717, 1.165) is 6.20 Å². The second-order valence-electron chi connectivity index (χ2n) is 10.3. The summed E-state index contributed by atoms with van der Waals surface area (Å²) in [7, 11) is 1.36. The van der Waals surface area contributed by atoms with E-state index in [1.807, 2.05) is 0 Å². The largest absolute Gasteiger partial charge is 0.494 e. The zero-order valence-electron chi connectivity index (χ0n) is 22.4. The Morgan fingerprint density at radius 2 is 1.98 bits per heavy atom. The normalized spacial score (nSPS) is 17.2. The molecule has 0 unspecified atom stereocenters. The number of nitrogens with zero attached hydrogens (tertiary/aromatic N) is 4. The van der Waals surface area contributed by atoms with Crippen molar-refractivity contribution >= 4 is 29.0 Å². The van der Waals surface area contributed by atoms with Crippen LogP contribution in [-0.4, -0.2) is 65.2 Å². The molecular formula is C27H30F4N6O3. The van der Waals surface area contributed by atoms with E-state index in [2.05, 4.69) is 25.8 Å². The summed E-state index contributed by atoms with van der Waals surface area (Å²) >= 11 is 0. The highest BCUT2D eigenvalue weighted by molar-refractivity contribution is 5.86. The number of carbonyl (C=O) groups is 1. The fourth-order valence-corrected chi connectivity index (χ4v) is 4.39. The Labute approximate surface area is 228 Å². The van der Waals surface area contributed by atoms with Crippen LogP contribution in [0.4, 0.5) is 28.2 Å². The molecule has 1 amide bonds. The number of hydrogen-bond acceptors (Lipinski definition) is 8. The molecule has 2 aromatic heterocycles. The molecule has 0 spiro atoms. The number of hydrogen-bond donors (Lipinski definition) is 2. The number of amides is 1. The molecule has 0 saturated carbocycles. The van der Waals surface area contributed by atoms with Gasteiger partial charge in [0.25, 0.3) is 0 Å². The lowest BCUT2D eigenvalue weighted by molar-refractivity contribution is -0.183. The monoisotopic (exact) mass is 562 g/mol. The number of nitrogens with one attached hydrogen (secondary N) is 2. The lowest BCUT2D eigenvalue weighted by Crippen LogP contribution is -2.42. The van der Waals surface area contributed by atoms with Crippen molar-refractivity contribution in [3.05, 3.63) is 59.7 Å². The molecule has 0 radical (unpaired) electrons. The van der Waals surface area contributed by atoms with Crippen LogP contribution in [0.25, 0.3) is 10.9 Å². The third kappa shape index (κ3) is 7.34. The van der Waals surface area contributed by atoms with Gasteiger partial charge in [0.1, 0.15) is 17.5 Å². The fraction of sp³-hybridized carbons (Fsp3) is 0.407. The first kappa shape index (κ1) is 29.0. The first-order chi connectivity index (χ1) is 18.8. The van der Waals surface area contributed by atoms with Gasteiger partial charge >= 0.3 is 12.3 Å². The fourth-order valence-electron chi connectivity index (χ4n) is 4.39. The van der Waals surface area contributed by atoms with Gasteiger partial charge in [-0.05, 0) is 51.0 Å². The smallest absolute Gasteiger partial charge is 0.408 e. The maximum Gasteiger partial charge on any atom is 0.408 e. The molecule has 2 N–H and O–H groups in total. The number of likely N-dealkylation sites (tertiary alicyclic amines) is 1. The highest BCUT2D eigenvalue weighted by Gasteiger charge is 2.47. The summed E-state index contributed by atoms with van der Waals surface area (Å²) in [6, 6.07) is 6.51. The Bertz CT molecular complexity index is 1380. The summed E-state index contributed by atoms with van der Waals surface area (Å²) in [4.78, 5) is 21.8. The number of rotatable bonds is 7. The number of aromatic nitrogens is 2. The number of pyridine rings is 2. The minimum absolute atomic E-state index is 0.0188. The average molecular weight is 563 g/mol. The minimum atomic E-state index is -4.55. The molecule has 0 bridgehead atoms. The second kappa shape index (κ2) is 11.6. The molecule has 1 fully saturated rings. The molecule has 1 aliphatic heterocycles. The van der Waals surface area contributed by atoms with E-state index in [0.29, 0.717) is 23.0 Å². The summed E-state index contributed by atoms with van der Waals surface area (Å²) in [5, 5.41) is 7.29. The number of anilines is 1. The number of methoxy groups -OCH3 is 1. The van der Waals surface area contributed by atoms with Crippen LogP contribution in [0.3, 0.4) is 0 Å². The van der Waals surface area contributed by atoms with E-state index in [4.69, 9.17) is 9.47 Å². The van der Waals surface area contributed by atoms with E-state index < -0.39 is 35.8 Å².